The summed E-state index contributed by atoms with van der Waals surface area (Å²) in [7, 11) is -3.38. The highest BCUT2D eigenvalue weighted by atomic mass is 32.2. The van der Waals surface area contributed by atoms with Crippen LogP contribution >= 0.6 is 11.3 Å². The summed E-state index contributed by atoms with van der Waals surface area (Å²) >= 11 is 1.30. The van der Waals surface area contributed by atoms with Crippen molar-refractivity contribution in [2.24, 2.45) is 5.10 Å². The van der Waals surface area contributed by atoms with Gasteiger partial charge in [0.2, 0.25) is 15.2 Å². The number of thiazole rings is 1. The number of para-hydroxylation sites is 1. The smallest absolute Gasteiger partial charge is 0.311 e. The molecule has 134 valence electrons. The molecular formula is C15H18N4O4S2. The number of carbonyl (C=O) groups is 1. The molecule has 0 aliphatic carbocycles. The molecule has 0 saturated heterocycles. The summed E-state index contributed by atoms with van der Waals surface area (Å²) < 4.78 is 30.0. The number of nitrogens with zero attached hydrogens (tertiary/aromatic N) is 2. The maximum atomic E-state index is 11.4. The number of rotatable bonds is 8. The molecule has 0 aliphatic heterocycles. The summed E-state index contributed by atoms with van der Waals surface area (Å²) in [6, 6.07) is 6.87. The third-order valence-electron chi connectivity index (χ3n) is 2.80. The number of hydrogen-bond donors (Lipinski definition) is 2. The number of sulfonamides is 1. The molecule has 0 spiro atoms. The van der Waals surface area contributed by atoms with Gasteiger partial charge >= 0.3 is 5.97 Å². The first-order chi connectivity index (χ1) is 11.9. The van der Waals surface area contributed by atoms with Gasteiger partial charge in [-0.3, -0.25) is 14.9 Å². The number of anilines is 2. The van der Waals surface area contributed by atoms with Gasteiger partial charge in [0, 0.05) is 10.9 Å². The first-order valence-corrected chi connectivity index (χ1v) is 10.1. The Morgan fingerprint density at radius 2 is 2.16 bits per heavy atom. The predicted octanol–water partition coefficient (Wildman–Crippen LogP) is 2.07. The van der Waals surface area contributed by atoms with Gasteiger partial charge in [-0.05, 0) is 13.0 Å². The van der Waals surface area contributed by atoms with Crippen LogP contribution in [0.2, 0.25) is 0 Å². The van der Waals surface area contributed by atoms with Crippen molar-refractivity contribution in [2.75, 3.05) is 23.0 Å². The molecule has 0 atom stereocenters. The predicted molar refractivity (Wildman–Crippen MR) is 98.6 cm³/mol. The van der Waals surface area contributed by atoms with E-state index in [1.807, 2.05) is 0 Å². The lowest BCUT2D eigenvalue weighted by atomic mass is 10.2. The molecule has 2 rings (SSSR count). The zero-order chi connectivity index (χ0) is 18.3. The minimum absolute atomic E-state index is 0.108. The van der Waals surface area contributed by atoms with Crippen molar-refractivity contribution in [1.82, 2.24) is 4.98 Å². The molecule has 10 heteroatoms. The topological polar surface area (TPSA) is 110 Å². The lowest BCUT2D eigenvalue weighted by Gasteiger charge is -2.06. The van der Waals surface area contributed by atoms with Crippen LogP contribution in [0.3, 0.4) is 0 Å². The van der Waals surface area contributed by atoms with Crippen LogP contribution in [-0.2, 0) is 26.0 Å². The number of esters is 1. The Morgan fingerprint density at radius 1 is 1.40 bits per heavy atom. The van der Waals surface area contributed by atoms with Crippen molar-refractivity contribution in [2.45, 2.75) is 13.3 Å². The van der Waals surface area contributed by atoms with Gasteiger partial charge in [0.25, 0.3) is 0 Å². The molecule has 0 saturated carbocycles. The first-order valence-electron chi connectivity index (χ1n) is 7.33. The average Bonchev–Trinajstić information content (AvgIpc) is 2.95. The largest absolute Gasteiger partial charge is 0.466 e. The van der Waals surface area contributed by atoms with Crippen molar-refractivity contribution in [3.05, 3.63) is 40.9 Å². The van der Waals surface area contributed by atoms with Crippen LogP contribution in [0.25, 0.3) is 0 Å². The summed E-state index contributed by atoms with van der Waals surface area (Å²) in [5.41, 5.74) is 4.38. The van der Waals surface area contributed by atoms with Crippen molar-refractivity contribution in [3.8, 4) is 0 Å². The van der Waals surface area contributed by atoms with E-state index in [9.17, 15) is 13.2 Å². The van der Waals surface area contributed by atoms with Crippen LogP contribution in [0.5, 0.6) is 0 Å². The standard InChI is InChI=1S/C15H18N4O4S2/c1-3-23-14(20)8-12-10-24-15(17-12)18-16-9-11-6-4-5-7-13(11)19-25(2,21)22/h4-7,9-10,19H,3,8H2,1-2H3,(H,17,18). The number of hydrogen-bond acceptors (Lipinski definition) is 8. The molecule has 0 fully saturated rings. The number of ether oxygens (including phenoxy) is 1. The van der Waals surface area contributed by atoms with Gasteiger partial charge in [0.05, 0.1) is 36.9 Å². The molecule has 2 aromatic rings. The molecule has 1 aromatic carbocycles. The highest BCUT2D eigenvalue weighted by Gasteiger charge is 2.08. The van der Waals surface area contributed by atoms with E-state index in [1.54, 1.807) is 36.6 Å². The summed E-state index contributed by atoms with van der Waals surface area (Å²) in [6.07, 6.45) is 2.68. The van der Waals surface area contributed by atoms with Crippen molar-refractivity contribution in [3.63, 3.8) is 0 Å². The number of aromatic nitrogens is 1. The molecule has 0 bridgehead atoms. The average molecular weight is 382 g/mol. The second-order valence-electron chi connectivity index (χ2n) is 4.96. The van der Waals surface area contributed by atoms with Crippen LogP contribution < -0.4 is 10.1 Å². The molecule has 1 aromatic heterocycles. The molecule has 0 radical (unpaired) electrons. The second-order valence-corrected chi connectivity index (χ2v) is 7.56. The number of nitrogens with one attached hydrogen (secondary N) is 2. The van der Waals surface area contributed by atoms with Crippen LogP contribution in [0.15, 0.2) is 34.7 Å². The van der Waals surface area contributed by atoms with Gasteiger partial charge in [-0.2, -0.15) is 5.10 Å². The summed E-state index contributed by atoms with van der Waals surface area (Å²) in [5.74, 6) is -0.330. The highest BCUT2D eigenvalue weighted by Crippen LogP contribution is 2.17. The maximum Gasteiger partial charge on any atom is 0.311 e. The molecule has 25 heavy (non-hydrogen) atoms. The molecule has 1 heterocycles. The molecule has 0 unspecified atom stereocenters. The van der Waals surface area contributed by atoms with Gasteiger partial charge in [-0.1, -0.05) is 18.2 Å². The van der Waals surface area contributed by atoms with Gasteiger partial charge in [-0.25, -0.2) is 13.4 Å². The lowest BCUT2D eigenvalue weighted by molar-refractivity contribution is -0.142. The van der Waals surface area contributed by atoms with Crippen molar-refractivity contribution >= 4 is 44.4 Å². The fraction of sp³-hybridized carbons (Fsp3) is 0.267. The van der Waals surface area contributed by atoms with Crippen LogP contribution in [0.1, 0.15) is 18.2 Å². The number of benzene rings is 1. The molecule has 0 amide bonds. The minimum atomic E-state index is -3.38. The van der Waals surface area contributed by atoms with Crippen molar-refractivity contribution in [1.29, 1.82) is 0 Å². The van der Waals surface area contributed by atoms with E-state index in [4.69, 9.17) is 4.74 Å². The third kappa shape index (κ3) is 6.51. The van der Waals surface area contributed by atoms with E-state index in [0.29, 0.717) is 28.7 Å². The van der Waals surface area contributed by atoms with Crippen LogP contribution in [-0.4, -0.2) is 38.4 Å². The Bertz CT molecular complexity index is 862. The Morgan fingerprint density at radius 3 is 2.88 bits per heavy atom. The van der Waals surface area contributed by atoms with Crippen LogP contribution in [0.4, 0.5) is 10.8 Å². The Labute approximate surface area is 150 Å². The second kappa shape index (κ2) is 8.58. The fourth-order valence-electron chi connectivity index (χ4n) is 1.86. The van der Waals surface area contributed by atoms with Gasteiger partial charge in [0.15, 0.2) is 0 Å². The van der Waals surface area contributed by atoms with E-state index >= 15 is 0 Å². The molecular weight excluding hydrogens is 364 g/mol. The van der Waals surface area contributed by atoms with E-state index in [1.165, 1.54) is 17.6 Å². The molecule has 0 aliphatic rings. The monoisotopic (exact) mass is 382 g/mol. The van der Waals surface area contributed by atoms with Crippen LogP contribution in [0, 0.1) is 0 Å². The van der Waals surface area contributed by atoms with E-state index in [2.05, 4.69) is 20.2 Å². The van der Waals surface area contributed by atoms with Gasteiger partial charge < -0.3 is 4.74 Å². The van der Waals surface area contributed by atoms with E-state index in [0.717, 1.165) is 6.26 Å². The third-order valence-corrected chi connectivity index (χ3v) is 4.19. The maximum absolute atomic E-state index is 11.4. The normalized spacial score (nSPS) is 11.4. The summed E-state index contributed by atoms with van der Waals surface area (Å²) in [5, 5.41) is 6.31. The van der Waals surface area contributed by atoms with E-state index < -0.39 is 10.0 Å². The summed E-state index contributed by atoms with van der Waals surface area (Å²) in [6.45, 7) is 2.08. The highest BCUT2D eigenvalue weighted by molar-refractivity contribution is 7.92. The Hall–Kier alpha value is -2.46. The SMILES string of the molecule is CCOC(=O)Cc1csc(NN=Cc2ccccc2NS(C)(=O)=O)n1. The quantitative estimate of drug-likeness (QED) is 0.411. The van der Waals surface area contributed by atoms with E-state index in [-0.39, 0.29) is 12.4 Å². The van der Waals surface area contributed by atoms with Gasteiger partial charge in [-0.15, -0.1) is 11.3 Å². The lowest BCUT2D eigenvalue weighted by Crippen LogP contribution is -2.11. The van der Waals surface area contributed by atoms with Crippen molar-refractivity contribution < 1.29 is 17.9 Å². The first kappa shape index (κ1) is 18.9. The fourth-order valence-corrected chi connectivity index (χ4v) is 3.10. The zero-order valence-corrected chi connectivity index (χ0v) is 15.4. The Balaban J connectivity index is 2.00. The Kier molecular flexibility index (Phi) is 6.48. The molecule has 2 N–H and O–H groups in total. The number of hydrazone groups is 1. The zero-order valence-electron chi connectivity index (χ0n) is 13.7. The van der Waals surface area contributed by atoms with Gasteiger partial charge in [0.1, 0.15) is 0 Å². The number of carbonyl (C=O) groups excluding carboxylic acids is 1. The molecule has 8 nitrogen and oxygen atoms in total. The summed E-state index contributed by atoms with van der Waals surface area (Å²) in [4.78, 5) is 15.6. The minimum Gasteiger partial charge on any atom is -0.466 e.